The van der Waals surface area contributed by atoms with E-state index in [9.17, 15) is 19.8 Å². The number of phenolic OH excluding ortho intramolecular Hbond substituents is 2. The number of aromatic hydroxyl groups is 2. The summed E-state index contributed by atoms with van der Waals surface area (Å²) >= 11 is 0. The standard InChI is InChI=1S/C24H22O8.C2H6/c1-29-21-11-17(6-8-19(21)25)23(27)31-13-15-4-3-5-16(10-15)14-32-24(28)18-7-9-20(26)22(12-18)30-2;1-2/h3-12,25-26H,13-14H2,1-2H3;1-2H3. The van der Waals surface area contributed by atoms with E-state index < -0.39 is 11.9 Å². The van der Waals surface area contributed by atoms with Crippen LogP contribution in [0.15, 0.2) is 60.7 Å². The average molecular weight is 469 g/mol. The summed E-state index contributed by atoms with van der Waals surface area (Å²) in [7, 11) is 2.78. The molecule has 3 rings (SSSR count). The second-order valence-corrected chi connectivity index (χ2v) is 6.75. The number of ether oxygens (including phenoxy) is 4. The Balaban J connectivity index is 0.00000199. The number of carbonyl (C=O) groups is 2. The molecule has 2 N–H and O–H groups in total. The van der Waals surface area contributed by atoms with Crippen molar-refractivity contribution in [1.82, 2.24) is 0 Å². The molecule has 180 valence electrons. The van der Waals surface area contributed by atoms with Gasteiger partial charge >= 0.3 is 11.9 Å². The van der Waals surface area contributed by atoms with Crippen LogP contribution in [-0.2, 0) is 22.7 Å². The second-order valence-electron chi connectivity index (χ2n) is 6.75. The highest BCUT2D eigenvalue weighted by atomic mass is 16.5. The van der Waals surface area contributed by atoms with Gasteiger partial charge < -0.3 is 29.2 Å². The summed E-state index contributed by atoms with van der Waals surface area (Å²) in [6, 6.07) is 15.5. The fourth-order valence-electron chi connectivity index (χ4n) is 2.88. The molecule has 0 saturated heterocycles. The van der Waals surface area contributed by atoms with Gasteiger partial charge in [0.25, 0.3) is 0 Å². The molecule has 34 heavy (non-hydrogen) atoms. The van der Waals surface area contributed by atoms with Crippen LogP contribution in [-0.4, -0.2) is 36.4 Å². The van der Waals surface area contributed by atoms with Crippen LogP contribution < -0.4 is 9.47 Å². The summed E-state index contributed by atoms with van der Waals surface area (Å²) in [5.74, 6) is -0.930. The first-order valence-corrected chi connectivity index (χ1v) is 10.6. The lowest BCUT2D eigenvalue weighted by Crippen LogP contribution is -2.07. The van der Waals surface area contributed by atoms with Crippen molar-refractivity contribution in [3.63, 3.8) is 0 Å². The summed E-state index contributed by atoms with van der Waals surface area (Å²) in [6.45, 7) is 4.03. The van der Waals surface area contributed by atoms with E-state index in [0.29, 0.717) is 11.1 Å². The number of esters is 2. The molecule has 0 heterocycles. The maximum Gasteiger partial charge on any atom is 0.338 e. The molecule has 0 radical (unpaired) electrons. The molecule has 0 fully saturated rings. The molecule has 0 atom stereocenters. The highest BCUT2D eigenvalue weighted by molar-refractivity contribution is 5.90. The molecule has 0 aliphatic heterocycles. The zero-order valence-electron chi connectivity index (χ0n) is 19.5. The van der Waals surface area contributed by atoms with Crippen LogP contribution >= 0.6 is 0 Å². The van der Waals surface area contributed by atoms with Gasteiger partial charge in [0.2, 0.25) is 0 Å². The predicted molar refractivity (Wildman–Crippen MR) is 125 cm³/mol. The normalized spacial score (nSPS) is 9.88. The largest absolute Gasteiger partial charge is 0.504 e. The van der Waals surface area contributed by atoms with E-state index in [4.69, 9.17) is 18.9 Å². The molecule has 0 aliphatic rings. The van der Waals surface area contributed by atoms with Crippen LogP contribution in [0.1, 0.15) is 45.7 Å². The van der Waals surface area contributed by atoms with Gasteiger partial charge in [-0.1, -0.05) is 32.0 Å². The Morgan fingerprint density at radius 3 is 1.47 bits per heavy atom. The topological polar surface area (TPSA) is 112 Å². The van der Waals surface area contributed by atoms with Gasteiger partial charge in [-0.2, -0.15) is 0 Å². The van der Waals surface area contributed by atoms with Crippen LogP contribution in [0.4, 0.5) is 0 Å². The first-order valence-electron chi connectivity index (χ1n) is 10.6. The zero-order chi connectivity index (χ0) is 25.1. The van der Waals surface area contributed by atoms with Gasteiger partial charge in [-0.3, -0.25) is 0 Å². The second kappa shape index (κ2) is 12.7. The van der Waals surface area contributed by atoms with Crippen molar-refractivity contribution in [3.05, 3.63) is 82.9 Å². The van der Waals surface area contributed by atoms with E-state index in [1.807, 2.05) is 13.8 Å². The van der Waals surface area contributed by atoms with Crippen molar-refractivity contribution in [2.45, 2.75) is 27.1 Å². The number of hydrogen-bond acceptors (Lipinski definition) is 8. The van der Waals surface area contributed by atoms with Crippen molar-refractivity contribution >= 4 is 11.9 Å². The maximum absolute atomic E-state index is 12.3. The molecular weight excluding hydrogens is 440 g/mol. The highest BCUT2D eigenvalue weighted by Gasteiger charge is 2.13. The predicted octanol–water partition coefficient (Wildman–Crippen LogP) is 4.86. The van der Waals surface area contributed by atoms with Gasteiger partial charge in [-0.15, -0.1) is 0 Å². The lowest BCUT2D eigenvalue weighted by Gasteiger charge is -2.10. The third-order valence-electron chi connectivity index (χ3n) is 4.56. The average Bonchev–Trinajstić information content (AvgIpc) is 2.87. The summed E-state index contributed by atoms with van der Waals surface area (Å²) in [4.78, 5) is 24.5. The lowest BCUT2D eigenvalue weighted by molar-refractivity contribution is 0.0471. The molecule has 8 heteroatoms. The molecule has 0 saturated carbocycles. The Morgan fingerprint density at radius 1 is 0.676 bits per heavy atom. The third-order valence-corrected chi connectivity index (χ3v) is 4.56. The third kappa shape index (κ3) is 6.90. The number of hydrogen-bond donors (Lipinski definition) is 2. The maximum atomic E-state index is 12.3. The molecule has 0 aromatic heterocycles. The van der Waals surface area contributed by atoms with E-state index in [2.05, 4.69) is 0 Å². The SMILES string of the molecule is CC.COc1cc(C(=O)OCc2cccc(COC(=O)c3ccc(O)c(OC)c3)c2)ccc1O. The molecule has 0 aliphatic carbocycles. The molecule has 3 aromatic carbocycles. The number of carbonyl (C=O) groups excluding carboxylic acids is 2. The summed E-state index contributed by atoms with van der Waals surface area (Å²) < 4.78 is 20.6. The molecule has 0 spiro atoms. The Morgan fingerprint density at radius 2 is 1.09 bits per heavy atom. The summed E-state index contributed by atoms with van der Waals surface area (Å²) in [5.41, 5.74) is 1.91. The highest BCUT2D eigenvalue weighted by Crippen LogP contribution is 2.27. The van der Waals surface area contributed by atoms with Crippen LogP contribution in [0, 0.1) is 0 Å². The number of methoxy groups -OCH3 is 2. The van der Waals surface area contributed by atoms with Crippen molar-refractivity contribution in [1.29, 1.82) is 0 Å². The Labute approximate surface area is 198 Å². The molecular formula is C26H28O8. The first-order chi connectivity index (χ1) is 16.4. The number of rotatable bonds is 8. The van der Waals surface area contributed by atoms with E-state index in [1.165, 1.54) is 50.6 Å². The van der Waals surface area contributed by atoms with Crippen molar-refractivity contribution in [2.24, 2.45) is 0 Å². The Kier molecular flexibility index (Phi) is 9.76. The quantitative estimate of drug-likeness (QED) is 0.451. The monoisotopic (exact) mass is 468 g/mol. The van der Waals surface area contributed by atoms with E-state index >= 15 is 0 Å². The van der Waals surface area contributed by atoms with Gasteiger partial charge in [0.15, 0.2) is 23.0 Å². The minimum absolute atomic E-state index is 0.0129. The Bertz CT molecular complexity index is 1040. The van der Waals surface area contributed by atoms with Crippen LogP contribution in [0.25, 0.3) is 0 Å². The fraction of sp³-hybridized carbons (Fsp3) is 0.231. The van der Waals surface area contributed by atoms with Gasteiger partial charge in [0.1, 0.15) is 13.2 Å². The van der Waals surface area contributed by atoms with Crippen molar-refractivity contribution in [3.8, 4) is 23.0 Å². The van der Waals surface area contributed by atoms with Crippen molar-refractivity contribution in [2.75, 3.05) is 14.2 Å². The van der Waals surface area contributed by atoms with Crippen LogP contribution in [0.3, 0.4) is 0 Å². The van der Waals surface area contributed by atoms with Gasteiger partial charge in [0.05, 0.1) is 25.3 Å². The lowest BCUT2D eigenvalue weighted by atomic mass is 10.1. The number of benzene rings is 3. The van der Waals surface area contributed by atoms with E-state index in [-0.39, 0.29) is 47.3 Å². The number of phenols is 2. The minimum atomic E-state index is -0.568. The fourth-order valence-corrected chi connectivity index (χ4v) is 2.88. The molecule has 0 amide bonds. The molecule has 8 nitrogen and oxygen atoms in total. The smallest absolute Gasteiger partial charge is 0.338 e. The minimum Gasteiger partial charge on any atom is -0.504 e. The zero-order valence-corrected chi connectivity index (χ0v) is 19.5. The van der Waals surface area contributed by atoms with Crippen molar-refractivity contribution < 1.29 is 38.7 Å². The summed E-state index contributed by atoms with van der Waals surface area (Å²) in [5, 5.41) is 19.3. The summed E-state index contributed by atoms with van der Waals surface area (Å²) in [6.07, 6.45) is 0. The van der Waals surface area contributed by atoms with E-state index in [1.54, 1.807) is 24.3 Å². The van der Waals surface area contributed by atoms with Crippen LogP contribution in [0.2, 0.25) is 0 Å². The van der Waals surface area contributed by atoms with Crippen LogP contribution in [0.5, 0.6) is 23.0 Å². The molecule has 0 unspecified atom stereocenters. The molecule has 3 aromatic rings. The van der Waals surface area contributed by atoms with Gasteiger partial charge in [-0.05, 0) is 53.6 Å². The Hall–Kier alpha value is -4.20. The van der Waals surface area contributed by atoms with E-state index in [0.717, 1.165) is 0 Å². The molecule has 0 bridgehead atoms. The first kappa shape index (κ1) is 26.1. The van der Waals surface area contributed by atoms with Gasteiger partial charge in [-0.25, -0.2) is 9.59 Å². The van der Waals surface area contributed by atoms with Gasteiger partial charge in [0, 0.05) is 0 Å².